The molecule has 1 aromatic heterocycles. The summed E-state index contributed by atoms with van der Waals surface area (Å²) in [4.78, 5) is 33.8. The van der Waals surface area contributed by atoms with Crippen molar-refractivity contribution in [3.8, 4) is 0 Å². The Morgan fingerprint density at radius 2 is 1.56 bits per heavy atom. The van der Waals surface area contributed by atoms with Crippen LogP contribution in [0.5, 0.6) is 0 Å². The third kappa shape index (κ3) is 5.50. The summed E-state index contributed by atoms with van der Waals surface area (Å²) in [5.74, 6) is -0.232. The average Bonchev–Trinajstić information content (AvgIpc) is 2.84. The van der Waals surface area contributed by atoms with Crippen LogP contribution in [0.2, 0.25) is 5.02 Å². The van der Waals surface area contributed by atoms with Gasteiger partial charge in [0.25, 0.3) is 0 Å². The summed E-state index contributed by atoms with van der Waals surface area (Å²) in [6.45, 7) is 0. The van der Waals surface area contributed by atoms with Gasteiger partial charge in [-0.1, -0.05) is 56.2 Å². The molecule has 1 aromatic carbocycles. The molecule has 0 aliphatic heterocycles. The standard InChI is InChI=1S/C26H32ClN3O2/c27-20-14-16-22(17-15-20)30(26(32)19-9-3-1-4-10-19)24(23-13-7-8-18-28-23)25(31)29-21-11-5-2-6-12-21/h7-8,13-19,21,24H,1-6,9-12H2,(H,29,31). The molecule has 32 heavy (non-hydrogen) atoms. The summed E-state index contributed by atoms with van der Waals surface area (Å²) in [5, 5.41) is 3.84. The van der Waals surface area contributed by atoms with E-state index in [0.29, 0.717) is 16.4 Å². The lowest BCUT2D eigenvalue weighted by Crippen LogP contribution is -2.49. The molecule has 1 heterocycles. The molecule has 2 amide bonds. The number of rotatable bonds is 6. The zero-order valence-electron chi connectivity index (χ0n) is 18.5. The molecule has 0 radical (unpaired) electrons. The van der Waals surface area contributed by atoms with Crippen LogP contribution in [-0.4, -0.2) is 22.8 Å². The van der Waals surface area contributed by atoms with Gasteiger partial charge in [-0.2, -0.15) is 0 Å². The van der Waals surface area contributed by atoms with E-state index in [2.05, 4.69) is 10.3 Å². The van der Waals surface area contributed by atoms with Gasteiger partial charge in [0.05, 0.1) is 5.69 Å². The minimum Gasteiger partial charge on any atom is -0.351 e. The zero-order valence-corrected chi connectivity index (χ0v) is 19.3. The topological polar surface area (TPSA) is 62.3 Å². The maximum Gasteiger partial charge on any atom is 0.249 e. The molecular formula is C26H32ClN3O2. The first-order valence-corrected chi connectivity index (χ1v) is 12.3. The van der Waals surface area contributed by atoms with E-state index < -0.39 is 6.04 Å². The molecule has 2 fully saturated rings. The molecule has 0 saturated heterocycles. The summed E-state index contributed by atoms with van der Waals surface area (Å²) in [6, 6.07) is 12.1. The van der Waals surface area contributed by atoms with E-state index in [-0.39, 0.29) is 23.8 Å². The molecule has 6 heteroatoms. The molecule has 2 aromatic rings. The molecule has 0 bridgehead atoms. The lowest BCUT2D eigenvalue weighted by atomic mass is 9.87. The number of nitrogens with zero attached hydrogens (tertiary/aromatic N) is 2. The first-order valence-electron chi connectivity index (χ1n) is 11.9. The average molecular weight is 454 g/mol. The van der Waals surface area contributed by atoms with Crippen molar-refractivity contribution in [3.63, 3.8) is 0 Å². The number of benzene rings is 1. The van der Waals surface area contributed by atoms with Gasteiger partial charge in [0, 0.05) is 28.9 Å². The Labute approximate surface area is 195 Å². The molecule has 5 nitrogen and oxygen atoms in total. The highest BCUT2D eigenvalue weighted by molar-refractivity contribution is 6.30. The second kappa shape index (κ2) is 11.0. The lowest BCUT2D eigenvalue weighted by molar-refractivity contribution is -0.129. The van der Waals surface area contributed by atoms with Crippen LogP contribution in [0.3, 0.4) is 0 Å². The smallest absolute Gasteiger partial charge is 0.249 e. The van der Waals surface area contributed by atoms with Crippen LogP contribution < -0.4 is 10.2 Å². The van der Waals surface area contributed by atoms with Crippen molar-refractivity contribution in [2.45, 2.75) is 76.3 Å². The third-order valence-electron chi connectivity index (χ3n) is 6.72. The first-order chi connectivity index (χ1) is 15.6. The summed E-state index contributed by atoms with van der Waals surface area (Å²) in [7, 11) is 0. The Balaban J connectivity index is 1.71. The summed E-state index contributed by atoms with van der Waals surface area (Å²) in [5.41, 5.74) is 1.26. The summed E-state index contributed by atoms with van der Waals surface area (Å²) >= 11 is 6.14. The number of carbonyl (C=O) groups is 2. The minimum absolute atomic E-state index is 0.00136. The maximum atomic E-state index is 13.9. The molecule has 2 saturated carbocycles. The van der Waals surface area contributed by atoms with Gasteiger partial charge in [-0.05, 0) is 62.1 Å². The minimum atomic E-state index is -0.811. The van der Waals surface area contributed by atoms with E-state index in [1.54, 1.807) is 23.2 Å². The van der Waals surface area contributed by atoms with Crippen molar-refractivity contribution in [1.29, 1.82) is 0 Å². The SMILES string of the molecule is O=C(NC1CCCCC1)C(c1ccccn1)N(C(=O)C1CCCCC1)c1ccc(Cl)cc1. The third-order valence-corrected chi connectivity index (χ3v) is 6.97. The van der Waals surface area contributed by atoms with Crippen molar-refractivity contribution in [2.75, 3.05) is 4.90 Å². The van der Waals surface area contributed by atoms with E-state index in [9.17, 15) is 9.59 Å². The monoisotopic (exact) mass is 453 g/mol. The fourth-order valence-corrected chi connectivity index (χ4v) is 5.13. The highest BCUT2D eigenvalue weighted by Crippen LogP contribution is 2.34. The van der Waals surface area contributed by atoms with Crippen LogP contribution in [0.1, 0.15) is 75.9 Å². The van der Waals surface area contributed by atoms with Gasteiger partial charge >= 0.3 is 0 Å². The fraction of sp³-hybridized carbons (Fsp3) is 0.500. The molecular weight excluding hydrogens is 422 g/mol. The van der Waals surface area contributed by atoms with Gasteiger partial charge < -0.3 is 5.32 Å². The number of carbonyl (C=O) groups excluding carboxylic acids is 2. The van der Waals surface area contributed by atoms with E-state index in [0.717, 1.165) is 57.8 Å². The van der Waals surface area contributed by atoms with Gasteiger partial charge in [0.1, 0.15) is 0 Å². The van der Waals surface area contributed by atoms with E-state index in [4.69, 9.17) is 11.6 Å². The van der Waals surface area contributed by atoms with Crippen LogP contribution in [0.4, 0.5) is 5.69 Å². The molecule has 2 aliphatic rings. The number of aromatic nitrogens is 1. The van der Waals surface area contributed by atoms with Crippen molar-refractivity contribution in [3.05, 3.63) is 59.4 Å². The number of nitrogens with one attached hydrogen (secondary N) is 1. The van der Waals surface area contributed by atoms with Crippen molar-refractivity contribution < 1.29 is 9.59 Å². The molecule has 170 valence electrons. The lowest BCUT2D eigenvalue weighted by Gasteiger charge is -2.35. The quantitative estimate of drug-likeness (QED) is 0.597. The predicted octanol–water partition coefficient (Wildman–Crippen LogP) is 5.84. The van der Waals surface area contributed by atoms with Crippen molar-refractivity contribution in [1.82, 2.24) is 10.3 Å². The largest absolute Gasteiger partial charge is 0.351 e. The molecule has 1 atom stereocenters. The first kappa shape index (κ1) is 22.8. The van der Waals surface area contributed by atoms with E-state index in [1.165, 1.54) is 6.42 Å². The number of hydrogen-bond donors (Lipinski definition) is 1. The van der Waals surface area contributed by atoms with Gasteiger partial charge in [-0.25, -0.2) is 0 Å². The van der Waals surface area contributed by atoms with Crippen LogP contribution in [-0.2, 0) is 9.59 Å². The second-order valence-corrected chi connectivity index (χ2v) is 9.46. The van der Waals surface area contributed by atoms with Gasteiger partial charge in [0.2, 0.25) is 11.8 Å². The van der Waals surface area contributed by atoms with Gasteiger partial charge in [-0.3, -0.25) is 19.5 Å². The van der Waals surface area contributed by atoms with E-state index in [1.807, 2.05) is 30.3 Å². The molecule has 1 N–H and O–H groups in total. The molecule has 1 unspecified atom stereocenters. The Morgan fingerprint density at radius 3 is 2.19 bits per heavy atom. The number of halogens is 1. The number of anilines is 1. The van der Waals surface area contributed by atoms with Crippen LogP contribution in [0.15, 0.2) is 48.7 Å². The van der Waals surface area contributed by atoms with E-state index >= 15 is 0 Å². The Morgan fingerprint density at radius 1 is 0.906 bits per heavy atom. The number of amides is 2. The molecule has 2 aliphatic carbocycles. The highest BCUT2D eigenvalue weighted by atomic mass is 35.5. The van der Waals surface area contributed by atoms with Gasteiger partial charge in [-0.15, -0.1) is 0 Å². The number of hydrogen-bond acceptors (Lipinski definition) is 3. The molecule has 4 rings (SSSR count). The van der Waals surface area contributed by atoms with Crippen molar-refractivity contribution >= 4 is 29.1 Å². The molecule has 0 spiro atoms. The second-order valence-electron chi connectivity index (χ2n) is 9.02. The number of pyridine rings is 1. The summed E-state index contributed by atoms with van der Waals surface area (Å²) in [6.07, 6.45) is 12.1. The van der Waals surface area contributed by atoms with Crippen LogP contribution in [0.25, 0.3) is 0 Å². The van der Waals surface area contributed by atoms with Crippen LogP contribution in [0, 0.1) is 5.92 Å². The van der Waals surface area contributed by atoms with Crippen molar-refractivity contribution in [2.24, 2.45) is 5.92 Å². The fourth-order valence-electron chi connectivity index (χ4n) is 5.00. The Hall–Kier alpha value is -2.40. The van der Waals surface area contributed by atoms with Gasteiger partial charge in [0.15, 0.2) is 6.04 Å². The summed E-state index contributed by atoms with van der Waals surface area (Å²) < 4.78 is 0. The van der Waals surface area contributed by atoms with Crippen LogP contribution >= 0.6 is 11.6 Å². The predicted molar refractivity (Wildman–Crippen MR) is 128 cm³/mol. The maximum absolute atomic E-state index is 13.9. The normalized spacial score (nSPS) is 18.7. The highest BCUT2D eigenvalue weighted by Gasteiger charge is 2.38. The zero-order chi connectivity index (χ0) is 22.3. The Kier molecular flexibility index (Phi) is 7.80. The Bertz CT molecular complexity index is 891.